The van der Waals surface area contributed by atoms with Crippen LogP contribution in [0.5, 0.6) is 17.2 Å². The zero-order chi connectivity index (χ0) is 24.2. The molecule has 1 unspecified atom stereocenters. The number of para-hydroxylation sites is 1. The SMILES string of the molecule is COc1ccccc1CCN1C(=O)NC(CC(=O)N2CCc3cc(OC)c(OC)cc3C2)C1=O. The average molecular weight is 468 g/mol. The third-order valence-corrected chi connectivity index (χ3v) is 6.35. The molecule has 1 fully saturated rings. The topological polar surface area (TPSA) is 97.4 Å². The first-order valence-electron chi connectivity index (χ1n) is 11.2. The summed E-state index contributed by atoms with van der Waals surface area (Å²) in [5.74, 6) is 1.43. The lowest BCUT2D eigenvalue weighted by Gasteiger charge is -2.30. The molecule has 0 aliphatic carbocycles. The van der Waals surface area contributed by atoms with E-state index in [2.05, 4.69) is 5.32 Å². The Hall–Kier alpha value is -3.75. The Bertz CT molecular complexity index is 1100. The predicted molar refractivity (Wildman–Crippen MR) is 124 cm³/mol. The number of ether oxygens (including phenoxy) is 3. The summed E-state index contributed by atoms with van der Waals surface area (Å²) in [6, 6.07) is 9.98. The number of nitrogens with zero attached hydrogens (tertiary/aromatic N) is 2. The molecule has 0 bridgehead atoms. The van der Waals surface area contributed by atoms with Crippen molar-refractivity contribution < 1.29 is 28.6 Å². The molecular formula is C25H29N3O6. The van der Waals surface area contributed by atoms with Crippen molar-refractivity contribution in [3.8, 4) is 17.2 Å². The number of rotatable bonds is 8. The standard InChI is InChI=1S/C25H29N3O6/c1-32-20-7-5-4-6-16(20)9-11-28-24(30)19(26-25(28)31)14-23(29)27-10-8-17-12-21(33-2)22(34-3)13-18(17)15-27/h4-7,12-13,19H,8-11,14-15H2,1-3H3,(H,26,31). The summed E-state index contributed by atoms with van der Waals surface area (Å²) in [7, 11) is 4.75. The van der Waals surface area contributed by atoms with Gasteiger partial charge in [-0.3, -0.25) is 14.5 Å². The first kappa shape index (κ1) is 23.4. The lowest BCUT2D eigenvalue weighted by Crippen LogP contribution is -2.41. The van der Waals surface area contributed by atoms with E-state index < -0.39 is 12.1 Å². The number of methoxy groups -OCH3 is 3. The average Bonchev–Trinajstić information content (AvgIpc) is 3.13. The zero-order valence-electron chi connectivity index (χ0n) is 19.6. The minimum Gasteiger partial charge on any atom is -0.496 e. The van der Waals surface area contributed by atoms with Gasteiger partial charge in [-0.2, -0.15) is 0 Å². The zero-order valence-corrected chi connectivity index (χ0v) is 19.6. The number of hydrogen-bond donors (Lipinski definition) is 1. The summed E-state index contributed by atoms with van der Waals surface area (Å²) in [5, 5.41) is 2.66. The van der Waals surface area contributed by atoms with Crippen LogP contribution in [0.25, 0.3) is 0 Å². The van der Waals surface area contributed by atoms with Gasteiger partial charge < -0.3 is 24.4 Å². The van der Waals surface area contributed by atoms with Gasteiger partial charge in [0, 0.05) is 19.6 Å². The maximum Gasteiger partial charge on any atom is 0.324 e. The van der Waals surface area contributed by atoms with Gasteiger partial charge >= 0.3 is 6.03 Å². The Kier molecular flexibility index (Phi) is 6.90. The lowest BCUT2D eigenvalue weighted by atomic mass is 9.98. The fourth-order valence-electron chi connectivity index (χ4n) is 4.47. The molecule has 2 aromatic rings. The molecule has 2 heterocycles. The van der Waals surface area contributed by atoms with Gasteiger partial charge in [-0.15, -0.1) is 0 Å². The molecule has 1 saturated heterocycles. The van der Waals surface area contributed by atoms with Crippen LogP contribution in [-0.4, -0.2) is 68.1 Å². The molecule has 0 aromatic heterocycles. The molecule has 1 N–H and O–H groups in total. The first-order chi connectivity index (χ1) is 16.4. The van der Waals surface area contributed by atoms with Gasteiger partial charge in [0.1, 0.15) is 11.8 Å². The number of carbonyl (C=O) groups excluding carboxylic acids is 3. The van der Waals surface area contributed by atoms with Crippen LogP contribution in [0, 0.1) is 0 Å². The maximum absolute atomic E-state index is 13.0. The normalized spacial score (nSPS) is 17.3. The molecule has 4 rings (SSSR count). The highest BCUT2D eigenvalue weighted by Crippen LogP contribution is 2.33. The number of nitrogens with one attached hydrogen (secondary N) is 1. The first-order valence-corrected chi connectivity index (χ1v) is 11.2. The Balaban J connectivity index is 1.37. The van der Waals surface area contributed by atoms with Gasteiger partial charge in [-0.1, -0.05) is 18.2 Å². The third kappa shape index (κ3) is 4.64. The smallest absolute Gasteiger partial charge is 0.324 e. The van der Waals surface area contributed by atoms with E-state index in [1.165, 1.54) is 4.90 Å². The van der Waals surface area contributed by atoms with Crippen molar-refractivity contribution in [2.45, 2.75) is 31.8 Å². The molecule has 4 amide bonds. The van der Waals surface area contributed by atoms with Gasteiger partial charge in [0.25, 0.3) is 5.91 Å². The molecule has 2 aliphatic rings. The number of fused-ring (bicyclic) bond motifs is 1. The molecule has 0 spiro atoms. The van der Waals surface area contributed by atoms with E-state index in [-0.39, 0.29) is 24.8 Å². The van der Waals surface area contributed by atoms with E-state index >= 15 is 0 Å². The van der Waals surface area contributed by atoms with Crippen molar-refractivity contribution in [2.75, 3.05) is 34.4 Å². The fourth-order valence-corrected chi connectivity index (χ4v) is 4.47. The van der Waals surface area contributed by atoms with Gasteiger partial charge in [0.2, 0.25) is 5.91 Å². The van der Waals surface area contributed by atoms with Crippen molar-refractivity contribution in [2.24, 2.45) is 0 Å². The van der Waals surface area contributed by atoms with Crippen LogP contribution in [0.1, 0.15) is 23.1 Å². The van der Waals surface area contributed by atoms with E-state index in [0.29, 0.717) is 43.2 Å². The Labute approximate surface area is 198 Å². The van der Waals surface area contributed by atoms with E-state index in [9.17, 15) is 14.4 Å². The number of carbonyl (C=O) groups is 3. The number of urea groups is 1. The van der Waals surface area contributed by atoms with Gasteiger partial charge in [0.05, 0.1) is 27.8 Å². The van der Waals surface area contributed by atoms with Crippen LogP contribution in [0.3, 0.4) is 0 Å². The number of hydrogen-bond acceptors (Lipinski definition) is 6. The molecular weight excluding hydrogens is 438 g/mol. The summed E-state index contributed by atoms with van der Waals surface area (Å²) in [6.07, 6.45) is 1.08. The second-order valence-electron chi connectivity index (χ2n) is 8.30. The quantitative estimate of drug-likeness (QED) is 0.598. The van der Waals surface area contributed by atoms with E-state index in [0.717, 1.165) is 16.7 Å². The Morgan fingerprint density at radius 3 is 2.38 bits per heavy atom. The number of imide groups is 1. The van der Waals surface area contributed by atoms with Crippen LogP contribution < -0.4 is 19.5 Å². The van der Waals surface area contributed by atoms with Gasteiger partial charge in [0.15, 0.2) is 11.5 Å². The van der Waals surface area contributed by atoms with Crippen molar-refractivity contribution in [3.05, 3.63) is 53.1 Å². The largest absolute Gasteiger partial charge is 0.496 e. The van der Waals surface area contributed by atoms with E-state index in [4.69, 9.17) is 14.2 Å². The molecule has 1 atom stereocenters. The van der Waals surface area contributed by atoms with Crippen LogP contribution in [-0.2, 0) is 29.0 Å². The lowest BCUT2D eigenvalue weighted by molar-refractivity contribution is -0.136. The van der Waals surface area contributed by atoms with Crippen molar-refractivity contribution in [1.29, 1.82) is 0 Å². The molecule has 180 valence electrons. The highest BCUT2D eigenvalue weighted by molar-refractivity contribution is 6.05. The minimum atomic E-state index is -0.857. The van der Waals surface area contributed by atoms with Crippen LogP contribution in [0.2, 0.25) is 0 Å². The van der Waals surface area contributed by atoms with Crippen LogP contribution in [0.15, 0.2) is 36.4 Å². The highest BCUT2D eigenvalue weighted by atomic mass is 16.5. The summed E-state index contributed by atoms with van der Waals surface area (Å²) in [4.78, 5) is 41.2. The third-order valence-electron chi connectivity index (χ3n) is 6.35. The van der Waals surface area contributed by atoms with Crippen molar-refractivity contribution >= 4 is 17.8 Å². The minimum absolute atomic E-state index is 0.0711. The second kappa shape index (κ2) is 10.0. The monoisotopic (exact) mass is 467 g/mol. The van der Waals surface area contributed by atoms with Gasteiger partial charge in [-0.25, -0.2) is 4.79 Å². The van der Waals surface area contributed by atoms with Crippen molar-refractivity contribution in [1.82, 2.24) is 15.1 Å². The summed E-state index contributed by atoms with van der Waals surface area (Å²) in [5.41, 5.74) is 3.00. The Morgan fingerprint density at radius 2 is 1.68 bits per heavy atom. The fraction of sp³-hybridized carbons (Fsp3) is 0.400. The molecule has 9 heteroatoms. The summed E-state index contributed by atoms with van der Waals surface area (Å²) in [6.45, 7) is 1.17. The summed E-state index contributed by atoms with van der Waals surface area (Å²) < 4.78 is 16.1. The molecule has 2 aromatic carbocycles. The maximum atomic E-state index is 13.0. The van der Waals surface area contributed by atoms with E-state index in [1.54, 1.807) is 26.2 Å². The predicted octanol–water partition coefficient (Wildman–Crippen LogP) is 2.15. The number of amides is 4. The molecule has 0 saturated carbocycles. The van der Waals surface area contributed by atoms with E-state index in [1.807, 2.05) is 36.4 Å². The number of benzene rings is 2. The summed E-state index contributed by atoms with van der Waals surface area (Å²) >= 11 is 0. The van der Waals surface area contributed by atoms with Crippen LogP contribution in [0.4, 0.5) is 4.79 Å². The van der Waals surface area contributed by atoms with Crippen molar-refractivity contribution in [3.63, 3.8) is 0 Å². The molecule has 0 radical (unpaired) electrons. The van der Waals surface area contributed by atoms with Gasteiger partial charge in [-0.05, 0) is 47.7 Å². The highest BCUT2D eigenvalue weighted by Gasteiger charge is 2.39. The Morgan fingerprint density at radius 1 is 1.00 bits per heavy atom. The molecule has 2 aliphatic heterocycles. The van der Waals surface area contributed by atoms with Crippen LogP contribution >= 0.6 is 0 Å². The second-order valence-corrected chi connectivity index (χ2v) is 8.30. The molecule has 34 heavy (non-hydrogen) atoms. The molecule has 9 nitrogen and oxygen atoms in total.